The molecule has 0 aromatic heterocycles. The van der Waals surface area contributed by atoms with Crippen LogP contribution in [0.3, 0.4) is 0 Å². The van der Waals surface area contributed by atoms with Crippen molar-refractivity contribution in [3.05, 3.63) is 29.3 Å². The molecule has 1 saturated carbocycles. The molecule has 2 fully saturated rings. The predicted molar refractivity (Wildman–Crippen MR) is 106 cm³/mol. The first-order valence-corrected chi connectivity index (χ1v) is 10.3. The number of rotatable bonds is 4. The Morgan fingerprint density at radius 1 is 1.10 bits per heavy atom. The van der Waals surface area contributed by atoms with E-state index in [0.717, 1.165) is 31.7 Å². The first kappa shape index (κ1) is 22.2. The lowest BCUT2D eigenvalue weighted by Crippen LogP contribution is -2.41. The molecule has 1 aromatic rings. The maximum absolute atomic E-state index is 13.7. The third-order valence-electron chi connectivity index (χ3n) is 6.40. The number of amides is 1. The predicted octanol–water partition coefficient (Wildman–Crippen LogP) is 4.31. The van der Waals surface area contributed by atoms with E-state index >= 15 is 0 Å². The third-order valence-corrected chi connectivity index (χ3v) is 6.40. The number of hydrogen-bond acceptors (Lipinski definition) is 3. The Hall–Kier alpha value is -1.54. The van der Waals surface area contributed by atoms with Crippen LogP contribution in [0.1, 0.15) is 75.7 Å². The zero-order chi connectivity index (χ0) is 21.4. The minimum absolute atomic E-state index is 0.250. The fraction of sp³-hybridized carbons (Fsp3) is 0.667. The SMILES string of the molecule is CC1(C)OB(c2ccc(C(=O)NCC3CCCCC3)c(C(F)(F)F)c2)OC1(C)C. The van der Waals surface area contributed by atoms with Crippen molar-refractivity contribution in [1.29, 1.82) is 0 Å². The van der Waals surface area contributed by atoms with Crippen LogP contribution in [0.4, 0.5) is 13.2 Å². The van der Waals surface area contributed by atoms with Crippen LogP contribution in [-0.2, 0) is 15.5 Å². The number of halogens is 3. The molecule has 2 aliphatic rings. The molecule has 0 spiro atoms. The molecule has 0 atom stereocenters. The Balaban J connectivity index is 1.80. The van der Waals surface area contributed by atoms with Crippen molar-refractivity contribution in [3.63, 3.8) is 0 Å². The van der Waals surface area contributed by atoms with Gasteiger partial charge in [0.25, 0.3) is 5.91 Å². The van der Waals surface area contributed by atoms with Crippen molar-refractivity contribution in [2.24, 2.45) is 5.92 Å². The molecule has 1 aliphatic carbocycles. The van der Waals surface area contributed by atoms with E-state index in [-0.39, 0.29) is 11.0 Å². The van der Waals surface area contributed by atoms with Crippen LogP contribution >= 0.6 is 0 Å². The van der Waals surface area contributed by atoms with Crippen molar-refractivity contribution in [3.8, 4) is 0 Å². The van der Waals surface area contributed by atoms with Crippen LogP contribution in [0, 0.1) is 5.92 Å². The highest BCUT2D eigenvalue weighted by atomic mass is 19.4. The monoisotopic (exact) mass is 411 g/mol. The van der Waals surface area contributed by atoms with Gasteiger partial charge in [0.05, 0.1) is 22.3 Å². The van der Waals surface area contributed by atoms with Gasteiger partial charge in [-0.2, -0.15) is 13.2 Å². The Bertz CT molecular complexity index is 742. The topological polar surface area (TPSA) is 47.6 Å². The maximum Gasteiger partial charge on any atom is 0.494 e. The van der Waals surface area contributed by atoms with Gasteiger partial charge in [-0.05, 0) is 64.1 Å². The van der Waals surface area contributed by atoms with Crippen LogP contribution in [0.25, 0.3) is 0 Å². The summed E-state index contributed by atoms with van der Waals surface area (Å²) in [5, 5.41) is 2.69. The number of nitrogens with one attached hydrogen (secondary N) is 1. The molecule has 3 rings (SSSR count). The highest BCUT2D eigenvalue weighted by molar-refractivity contribution is 6.62. The summed E-state index contributed by atoms with van der Waals surface area (Å²) >= 11 is 0. The van der Waals surface area contributed by atoms with Crippen LogP contribution in [-0.4, -0.2) is 30.8 Å². The van der Waals surface area contributed by atoms with Crippen LogP contribution in [0.15, 0.2) is 18.2 Å². The zero-order valence-corrected chi connectivity index (χ0v) is 17.5. The number of benzene rings is 1. The van der Waals surface area contributed by atoms with E-state index in [9.17, 15) is 18.0 Å². The second-order valence-corrected chi connectivity index (χ2v) is 9.11. The largest absolute Gasteiger partial charge is 0.494 e. The summed E-state index contributed by atoms with van der Waals surface area (Å²) in [6, 6.07) is 3.67. The van der Waals surface area contributed by atoms with Gasteiger partial charge in [-0.15, -0.1) is 0 Å². The highest BCUT2D eigenvalue weighted by Crippen LogP contribution is 2.37. The zero-order valence-electron chi connectivity index (χ0n) is 17.5. The van der Waals surface area contributed by atoms with Crippen molar-refractivity contribution >= 4 is 18.5 Å². The Kier molecular flexibility index (Phi) is 6.07. The van der Waals surface area contributed by atoms with Gasteiger partial charge in [0, 0.05) is 6.54 Å². The fourth-order valence-corrected chi connectivity index (χ4v) is 3.84. The molecule has 1 aliphatic heterocycles. The lowest BCUT2D eigenvalue weighted by Gasteiger charge is -2.32. The standard InChI is InChI=1S/C21H29BF3NO3/c1-19(2)20(3,4)29-22(28-19)15-10-11-16(17(12-15)21(23,24)25)18(27)26-13-14-8-6-5-7-9-14/h10-12,14H,5-9,13H2,1-4H3,(H,26,27). The minimum atomic E-state index is -4.66. The van der Waals surface area contributed by atoms with Gasteiger partial charge < -0.3 is 14.6 Å². The molecule has 0 bridgehead atoms. The Morgan fingerprint density at radius 2 is 1.69 bits per heavy atom. The smallest absolute Gasteiger partial charge is 0.399 e. The van der Waals surface area contributed by atoms with Gasteiger partial charge in [0.15, 0.2) is 0 Å². The average molecular weight is 411 g/mol. The minimum Gasteiger partial charge on any atom is -0.399 e. The fourth-order valence-electron chi connectivity index (χ4n) is 3.84. The van der Waals surface area contributed by atoms with Gasteiger partial charge in [0.2, 0.25) is 0 Å². The van der Waals surface area contributed by atoms with Gasteiger partial charge in [-0.1, -0.05) is 25.3 Å². The summed E-state index contributed by atoms with van der Waals surface area (Å²) in [7, 11) is -0.916. The Labute approximate surface area is 170 Å². The lowest BCUT2D eigenvalue weighted by molar-refractivity contribution is -0.137. The normalized spacial score (nSPS) is 22.0. The third kappa shape index (κ3) is 4.80. The number of alkyl halides is 3. The number of carbonyl (C=O) groups is 1. The van der Waals surface area contributed by atoms with E-state index in [0.29, 0.717) is 12.5 Å². The van der Waals surface area contributed by atoms with Crippen LogP contribution in [0.5, 0.6) is 0 Å². The van der Waals surface area contributed by atoms with E-state index in [1.165, 1.54) is 18.6 Å². The Morgan fingerprint density at radius 3 is 2.24 bits per heavy atom. The summed E-state index contributed by atoms with van der Waals surface area (Å²) in [5.41, 5.74) is -2.41. The molecule has 160 valence electrons. The highest BCUT2D eigenvalue weighted by Gasteiger charge is 2.52. The van der Waals surface area contributed by atoms with Crippen LogP contribution < -0.4 is 10.8 Å². The molecule has 0 unspecified atom stereocenters. The number of carbonyl (C=O) groups excluding carboxylic acids is 1. The first-order chi connectivity index (χ1) is 13.4. The number of hydrogen-bond donors (Lipinski definition) is 1. The second-order valence-electron chi connectivity index (χ2n) is 9.11. The molecule has 29 heavy (non-hydrogen) atoms. The van der Waals surface area contributed by atoms with E-state index < -0.39 is 36.0 Å². The van der Waals surface area contributed by atoms with Gasteiger partial charge in [-0.3, -0.25) is 4.79 Å². The second kappa shape index (κ2) is 7.95. The molecule has 4 nitrogen and oxygen atoms in total. The summed E-state index contributed by atoms with van der Waals surface area (Å²) in [6.07, 6.45) is 0.759. The molecular weight excluding hydrogens is 382 g/mol. The maximum atomic E-state index is 13.7. The average Bonchev–Trinajstić information content (AvgIpc) is 2.87. The quantitative estimate of drug-likeness (QED) is 0.752. The van der Waals surface area contributed by atoms with E-state index in [1.807, 2.05) is 27.7 Å². The lowest BCUT2D eigenvalue weighted by atomic mass is 9.77. The van der Waals surface area contributed by atoms with E-state index in [1.54, 1.807) is 0 Å². The van der Waals surface area contributed by atoms with Crippen LogP contribution in [0.2, 0.25) is 0 Å². The molecule has 0 radical (unpaired) electrons. The van der Waals surface area contributed by atoms with Gasteiger partial charge >= 0.3 is 13.3 Å². The molecule has 1 aromatic carbocycles. The van der Waals surface area contributed by atoms with Crippen molar-refractivity contribution < 1.29 is 27.3 Å². The molecule has 8 heteroatoms. The summed E-state index contributed by atoms with van der Waals surface area (Å²) in [5.74, 6) is -0.352. The molecule has 1 amide bonds. The summed E-state index contributed by atoms with van der Waals surface area (Å²) < 4.78 is 52.8. The van der Waals surface area contributed by atoms with Crippen molar-refractivity contribution in [2.75, 3.05) is 6.54 Å². The van der Waals surface area contributed by atoms with Crippen molar-refractivity contribution in [1.82, 2.24) is 5.32 Å². The molecular formula is C21H29BF3NO3. The molecule has 1 N–H and O–H groups in total. The van der Waals surface area contributed by atoms with Crippen molar-refractivity contribution in [2.45, 2.75) is 77.2 Å². The van der Waals surface area contributed by atoms with Gasteiger partial charge in [-0.25, -0.2) is 0 Å². The molecule has 1 heterocycles. The van der Waals surface area contributed by atoms with E-state index in [4.69, 9.17) is 9.31 Å². The summed E-state index contributed by atoms with van der Waals surface area (Å²) in [6.45, 7) is 7.76. The molecule has 1 saturated heterocycles. The first-order valence-electron chi connectivity index (χ1n) is 10.3. The van der Waals surface area contributed by atoms with Gasteiger partial charge in [0.1, 0.15) is 0 Å². The van der Waals surface area contributed by atoms with E-state index in [2.05, 4.69) is 5.32 Å². The summed E-state index contributed by atoms with van der Waals surface area (Å²) in [4.78, 5) is 12.5.